The van der Waals surface area contributed by atoms with Crippen molar-refractivity contribution >= 4 is 111 Å². The molecule has 13 heteroatoms. The second-order valence-corrected chi connectivity index (χ2v) is 12.6. The van der Waals surface area contributed by atoms with E-state index < -0.39 is 43.6 Å². The van der Waals surface area contributed by atoms with Crippen LogP contribution in [0.4, 0.5) is 0 Å². The van der Waals surface area contributed by atoms with Crippen LogP contribution in [0.3, 0.4) is 0 Å². The number of nitrogens with zero attached hydrogens (tertiary/aromatic N) is 2. The second-order valence-electron chi connectivity index (χ2n) is 8.53. The summed E-state index contributed by atoms with van der Waals surface area (Å²) in [5.41, 5.74) is 0.632. The number of benzene rings is 2. The van der Waals surface area contributed by atoms with Gasteiger partial charge in [0.2, 0.25) is 0 Å². The number of alkyl halides is 4. The molecule has 2 bridgehead atoms. The number of carbonyl (C=O) groups is 3. The first-order chi connectivity index (χ1) is 16.8. The van der Waals surface area contributed by atoms with Crippen LogP contribution in [0.5, 0.6) is 0 Å². The monoisotopic (exact) mass is 644 g/mol. The third-order valence-corrected chi connectivity index (χ3v) is 11.6. The van der Waals surface area contributed by atoms with Gasteiger partial charge in [0, 0.05) is 15.6 Å². The number of imide groups is 1. The molecule has 0 aromatic heterocycles. The van der Waals surface area contributed by atoms with Crippen molar-refractivity contribution in [3.63, 3.8) is 0 Å². The number of carbonyl (C=O) groups excluding carboxylic acids is 3. The SMILES string of the molecule is O=C(c1ccc(Cl)cc1)N(Cc1ccccc1Cl)N1C(=O)[C@@H]2[C@@H](C1=O)[C@@]1(Cl)C(Cl)=C(Cl)[C@@]2(Cl)C1(Cl)Cl. The Morgan fingerprint density at radius 2 is 1.31 bits per heavy atom. The van der Waals surface area contributed by atoms with Gasteiger partial charge in [-0.25, -0.2) is 5.01 Å². The summed E-state index contributed by atoms with van der Waals surface area (Å²) in [6, 6.07) is 12.6. The lowest BCUT2D eigenvalue weighted by Gasteiger charge is -2.37. The quantitative estimate of drug-likeness (QED) is 0.265. The number of fused-ring (bicyclic) bond motifs is 5. The van der Waals surface area contributed by atoms with Crippen molar-refractivity contribution in [3.05, 3.63) is 79.8 Å². The summed E-state index contributed by atoms with van der Waals surface area (Å²) in [5, 5.41) is 1.94. The molecular weight excluding hydrogens is 636 g/mol. The van der Waals surface area contributed by atoms with E-state index in [0.29, 0.717) is 20.6 Å². The van der Waals surface area contributed by atoms with E-state index in [1.54, 1.807) is 24.3 Å². The van der Waals surface area contributed by atoms with Gasteiger partial charge in [-0.1, -0.05) is 87.8 Å². The third kappa shape index (κ3) is 3.27. The van der Waals surface area contributed by atoms with Gasteiger partial charge in [0.15, 0.2) is 4.33 Å². The Morgan fingerprint density at radius 1 is 0.806 bits per heavy atom. The maximum absolute atomic E-state index is 13.9. The lowest BCUT2D eigenvalue weighted by molar-refractivity contribution is -0.156. The number of allylic oxidation sites excluding steroid dienone is 2. The molecule has 4 atom stereocenters. The maximum atomic E-state index is 13.9. The molecule has 36 heavy (non-hydrogen) atoms. The Labute approximate surface area is 245 Å². The van der Waals surface area contributed by atoms with Gasteiger partial charge in [-0.2, -0.15) is 5.01 Å². The molecule has 0 spiro atoms. The van der Waals surface area contributed by atoms with E-state index in [2.05, 4.69) is 0 Å². The molecule has 1 saturated carbocycles. The van der Waals surface area contributed by atoms with Crippen molar-refractivity contribution in [3.8, 4) is 0 Å². The Balaban J connectivity index is 1.63. The first kappa shape index (κ1) is 26.7. The highest BCUT2D eigenvalue weighted by Crippen LogP contribution is 2.77. The number of rotatable bonds is 4. The smallest absolute Gasteiger partial charge is 0.272 e. The van der Waals surface area contributed by atoms with Crippen LogP contribution in [-0.4, -0.2) is 41.8 Å². The van der Waals surface area contributed by atoms with Gasteiger partial charge in [0.1, 0.15) is 9.75 Å². The van der Waals surface area contributed by atoms with Crippen molar-refractivity contribution in [1.29, 1.82) is 0 Å². The van der Waals surface area contributed by atoms with Crippen molar-refractivity contribution in [1.82, 2.24) is 10.0 Å². The molecule has 0 radical (unpaired) electrons. The summed E-state index contributed by atoms with van der Waals surface area (Å²) >= 11 is 51.7. The van der Waals surface area contributed by atoms with Crippen molar-refractivity contribution in [2.24, 2.45) is 11.8 Å². The summed E-state index contributed by atoms with van der Waals surface area (Å²) in [6.45, 7) is -0.232. The van der Waals surface area contributed by atoms with Crippen LogP contribution in [0.25, 0.3) is 0 Å². The van der Waals surface area contributed by atoms with E-state index in [9.17, 15) is 14.4 Å². The van der Waals surface area contributed by atoms with Crippen LogP contribution in [-0.2, 0) is 16.1 Å². The van der Waals surface area contributed by atoms with E-state index in [4.69, 9.17) is 92.8 Å². The van der Waals surface area contributed by atoms with Gasteiger partial charge in [0.05, 0.1) is 28.4 Å². The lowest BCUT2D eigenvalue weighted by atomic mass is 9.84. The molecule has 188 valence electrons. The largest absolute Gasteiger partial charge is 0.273 e. The molecular formula is C23H12Cl8N2O3. The fourth-order valence-electron chi connectivity index (χ4n) is 4.98. The molecule has 1 aliphatic heterocycles. The number of hydrogen-bond acceptors (Lipinski definition) is 3. The predicted octanol–water partition coefficient (Wildman–Crippen LogP) is 7.00. The maximum Gasteiger partial charge on any atom is 0.273 e. The van der Waals surface area contributed by atoms with Gasteiger partial charge >= 0.3 is 0 Å². The highest BCUT2D eigenvalue weighted by molar-refractivity contribution is 6.66. The molecule has 3 amide bonds. The summed E-state index contributed by atoms with van der Waals surface area (Å²) in [7, 11) is 0. The van der Waals surface area contributed by atoms with Gasteiger partial charge in [-0.3, -0.25) is 14.4 Å². The van der Waals surface area contributed by atoms with E-state index in [0.717, 1.165) is 5.01 Å². The van der Waals surface area contributed by atoms with Crippen molar-refractivity contribution in [2.75, 3.05) is 0 Å². The predicted molar refractivity (Wildman–Crippen MR) is 142 cm³/mol. The van der Waals surface area contributed by atoms with E-state index in [-0.39, 0.29) is 22.2 Å². The van der Waals surface area contributed by atoms with Crippen LogP contribution in [0.2, 0.25) is 10.0 Å². The number of amides is 3. The molecule has 5 rings (SSSR count). The van der Waals surface area contributed by atoms with Crippen molar-refractivity contribution < 1.29 is 14.4 Å². The van der Waals surface area contributed by atoms with Crippen LogP contribution in [0, 0.1) is 11.8 Å². The normalized spacial score (nSPS) is 30.3. The minimum absolute atomic E-state index is 0.159. The van der Waals surface area contributed by atoms with Crippen molar-refractivity contribution in [2.45, 2.75) is 20.6 Å². The number of hydrogen-bond donors (Lipinski definition) is 0. The zero-order valence-corrected chi connectivity index (χ0v) is 23.7. The Bertz CT molecular complexity index is 1320. The lowest BCUT2D eigenvalue weighted by Crippen LogP contribution is -2.55. The zero-order chi connectivity index (χ0) is 26.4. The molecule has 5 nitrogen and oxygen atoms in total. The molecule has 2 aromatic rings. The summed E-state index contributed by atoms with van der Waals surface area (Å²) < 4.78 is -2.09. The molecule has 2 aliphatic carbocycles. The fourth-order valence-corrected chi connectivity index (χ4v) is 8.23. The fraction of sp³-hybridized carbons (Fsp3) is 0.261. The average molecular weight is 648 g/mol. The highest BCUT2D eigenvalue weighted by atomic mass is 35.5. The third-order valence-electron chi connectivity index (χ3n) is 6.73. The van der Waals surface area contributed by atoms with Gasteiger partial charge in [-0.15, -0.1) is 23.2 Å². The number of hydrazine groups is 1. The minimum atomic E-state index is -2.09. The van der Waals surface area contributed by atoms with Crippen LogP contribution in [0.15, 0.2) is 58.6 Å². The first-order valence-electron chi connectivity index (χ1n) is 10.3. The number of halogens is 8. The molecule has 0 N–H and O–H groups in total. The Morgan fingerprint density at radius 3 is 1.81 bits per heavy atom. The van der Waals surface area contributed by atoms with Crippen LogP contribution < -0.4 is 0 Å². The average Bonchev–Trinajstić information content (AvgIpc) is 3.22. The van der Waals surface area contributed by atoms with E-state index in [1.807, 2.05) is 0 Å². The molecule has 0 unspecified atom stereocenters. The zero-order valence-electron chi connectivity index (χ0n) is 17.6. The molecule has 3 aliphatic rings. The minimum Gasteiger partial charge on any atom is -0.272 e. The summed E-state index contributed by atoms with van der Waals surface area (Å²) in [4.78, 5) is 37.4. The van der Waals surface area contributed by atoms with Crippen LogP contribution >= 0.6 is 92.8 Å². The molecule has 2 fully saturated rings. The highest BCUT2D eigenvalue weighted by Gasteiger charge is 2.88. The topological polar surface area (TPSA) is 57.7 Å². The van der Waals surface area contributed by atoms with Gasteiger partial charge in [-0.05, 0) is 35.9 Å². The first-order valence-corrected chi connectivity index (χ1v) is 13.3. The molecule has 2 aromatic carbocycles. The standard InChI is InChI=1S/C23H12Cl8N2O3/c24-12-7-5-10(6-8-12)18(34)32(9-11-3-1-2-4-13(11)25)33-19(35)14-15(20(33)36)22(29)17(27)16(26)21(14,28)23(22,30)31/h1-8,14-15H,9H2/t14-,15-,21+,22+/m0/s1. The second kappa shape index (κ2) is 8.82. The van der Waals surface area contributed by atoms with Crippen LogP contribution in [0.1, 0.15) is 15.9 Å². The van der Waals surface area contributed by atoms with Gasteiger partial charge < -0.3 is 0 Å². The van der Waals surface area contributed by atoms with E-state index in [1.165, 1.54) is 24.3 Å². The van der Waals surface area contributed by atoms with Gasteiger partial charge in [0.25, 0.3) is 17.7 Å². The molecule has 1 saturated heterocycles. The molecule has 1 heterocycles. The Kier molecular flexibility index (Phi) is 6.54. The van der Waals surface area contributed by atoms with E-state index >= 15 is 0 Å². The summed E-state index contributed by atoms with van der Waals surface area (Å²) in [6.07, 6.45) is 0. The summed E-state index contributed by atoms with van der Waals surface area (Å²) in [5.74, 6) is -5.17. The Hall–Kier alpha value is -0.890.